The zero-order chi connectivity index (χ0) is 30.3. The quantitative estimate of drug-likeness (QED) is 0.305. The predicted octanol–water partition coefficient (Wildman–Crippen LogP) is 5.37. The molecule has 1 aliphatic carbocycles. The van der Waals surface area contributed by atoms with E-state index in [4.69, 9.17) is 4.74 Å². The summed E-state index contributed by atoms with van der Waals surface area (Å²) in [4.78, 5) is 29.4. The maximum atomic E-state index is 14.2. The van der Waals surface area contributed by atoms with Crippen molar-refractivity contribution in [2.24, 2.45) is 0 Å². The zero-order valence-electron chi connectivity index (χ0n) is 24.9. The number of ether oxygens (including phenoxy) is 1. The van der Waals surface area contributed by atoms with Crippen LogP contribution in [0.1, 0.15) is 55.7 Å². The van der Waals surface area contributed by atoms with Crippen LogP contribution in [0.15, 0.2) is 77.7 Å². The lowest BCUT2D eigenvalue weighted by molar-refractivity contribution is -0.140. The first-order chi connectivity index (χ1) is 20.1. The predicted molar refractivity (Wildman–Crippen MR) is 165 cm³/mol. The average molecular weight is 592 g/mol. The molecule has 8 nitrogen and oxygen atoms in total. The van der Waals surface area contributed by atoms with Crippen molar-refractivity contribution in [3.05, 3.63) is 89.5 Å². The second-order valence-electron chi connectivity index (χ2n) is 10.9. The van der Waals surface area contributed by atoms with E-state index in [2.05, 4.69) is 5.32 Å². The monoisotopic (exact) mass is 591 g/mol. The van der Waals surface area contributed by atoms with Gasteiger partial charge in [-0.05, 0) is 75.1 Å². The summed E-state index contributed by atoms with van der Waals surface area (Å²) in [6, 6.07) is 20.2. The molecule has 3 aromatic carbocycles. The number of nitrogens with zero attached hydrogens (tertiary/aromatic N) is 2. The summed E-state index contributed by atoms with van der Waals surface area (Å²) in [5.41, 5.74) is 3.08. The molecule has 1 atom stereocenters. The Labute approximate surface area is 249 Å². The van der Waals surface area contributed by atoms with E-state index in [1.165, 1.54) is 4.90 Å². The highest BCUT2D eigenvalue weighted by atomic mass is 32.2. The van der Waals surface area contributed by atoms with Crippen LogP contribution in [-0.2, 0) is 26.2 Å². The van der Waals surface area contributed by atoms with Crippen molar-refractivity contribution in [2.45, 2.75) is 76.4 Å². The number of anilines is 1. The van der Waals surface area contributed by atoms with Crippen LogP contribution < -0.4 is 14.4 Å². The molecule has 1 saturated carbocycles. The van der Waals surface area contributed by atoms with Crippen LogP contribution >= 0.6 is 0 Å². The first-order valence-electron chi connectivity index (χ1n) is 14.5. The van der Waals surface area contributed by atoms with Gasteiger partial charge in [0.15, 0.2) is 0 Å². The number of hydrogen-bond donors (Lipinski definition) is 1. The lowest BCUT2D eigenvalue weighted by atomic mass is 10.1. The normalized spacial score (nSPS) is 14.3. The molecule has 9 heteroatoms. The molecule has 224 valence electrons. The van der Waals surface area contributed by atoms with E-state index in [0.29, 0.717) is 17.9 Å². The number of carbonyl (C=O) groups is 2. The van der Waals surface area contributed by atoms with Gasteiger partial charge >= 0.3 is 0 Å². The van der Waals surface area contributed by atoms with E-state index >= 15 is 0 Å². The Morgan fingerprint density at radius 1 is 0.905 bits per heavy atom. The third-order valence-electron chi connectivity index (χ3n) is 7.81. The van der Waals surface area contributed by atoms with E-state index in [1.54, 1.807) is 55.6 Å². The van der Waals surface area contributed by atoms with Crippen molar-refractivity contribution in [2.75, 3.05) is 18.0 Å². The lowest BCUT2D eigenvalue weighted by Crippen LogP contribution is -2.53. The van der Waals surface area contributed by atoms with Crippen LogP contribution in [0.5, 0.6) is 5.75 Å². The highest BCUT2D eigenvalue weighted by Gasteiger charge is 2.34. The number of amides is 2. The van der Waals surface area contributed by atoms with Gasteiger partial charge in [0.2, 0.25) is 11.8 Å². The minimum Gasteiger partial charge on any atom is -0.497 e. The molecule has 0 saturated heterocycles. The second-order valence-corrected chi connectivity index (χ2v) is 12.8. The van der Waals surface area contributed by atoms with Gasteiger partial charge in [-0.2, -0.15) is 0 Å². The van der Waals surface area contributed by atoms with Gasteiger partial charge in [-0.1, -0.05) is 67.3 Å². The fraction of sp³-hybridized carbons (Fsp3) is 0.394. The third-order valence-corrected chi connectivity index (χ3v) is 9.60. The molecule has 42 heavy (non-hydrogen) atoms. The van der Waals surface area contributed by atoms with E-state index in [1.807, 2.05) is 45.0 Å². The highest BCUT2D eigenvalue weighted by Crippen LogP contribution is 2.26. The molecule has 4 rings (SSSR count). The molecule has 0 aliphatic heterocycles. The van der Waals surface area contributed by atoms with E-state index in [-0.39, 0.29) is 23.4 Å². The molecule has 1 N–H and O–H groups in total. The molecule has 0 heterocycles. The molecule has 0 unspecified atom stereocenters. The number of hydrogen-bond acceptors (Lipinski definition) is 5. The van der Waals surface area contributed by atoms with Gasteiger partial charge in [0.25, 0.3) is 10.0 Å². The number of carbonyl (C=O) groups excluding carboxylic acids is 2. The highest BCUT2D eigenvalue weighted by molar-refractivity contribution is 7.92. The number of sulfonamides is 1. The van der Waals surface area contributed by atoms with Gasteiger partial charge in [0, 0.05) is 12.6 Å². The molecule has 0 bridgehead atoms. The summed E-state index contributed by atoms with van der Waals surface area (Å²) >= 11 is 0. The van der Waals surface area contributed by atoms with Crippen LogP contribution in [0.25, 0.3) is 0 Å². The second kappa shape index (κ2) is 13.9. The molecule has 0 spiro atoms. The summed E-state index contributed by atoms with van der Waals surface area (Å²) < 4.78 is 34.4. The molecule has 1 aliphatic rings. The maximum absolute atomic E-state index is 14.2. The first kappa shape index (κ1) is 31.1. The van der Waals surface area contributed by atoms with Crippen LogP contribution in [0, 0.1) is 13.8 Å². The minimum atomic E-state index is -4.10. The van der Waals surface area contributed by atoms with Crippen LogP contribution in [0.2, 0.25) is 0 Å². The number of benzene rings is 3. The van der Waals surface area contributed by atoms with E-state index < -0.39 is 28.5 Å². The van der Waals surface area contributed by atoms with Gasteiger partial charge in [-0.25, -0.2) is 8.42 Å². The maximum Gasteiger partial charge on any atom is 0.264 e. The van der Waals surface area contributed by atoms with Crippen LogP contribution in [0.3, 0.4) is 0 Å². The van der Waals surface area contributed by atoms with Gasteiger partial charge in [0.1, 0.15) is 18.3 Å². The van der Waals surface area contributed by atoms with Crippen LogP contribution in [-0.4, -0.2) is 50.9 Å². The standard InChI is InChI=1S/C33H41N3O5S/c1-5-31(33(38)34-27-8-6-7-9-27)35(22-26-14-18-29(41-4)19-15-26)32(37)23-36(28-16-10-24(2)11-17-28)42(39,40)30-20-12-25(3)13-21-30/h10-21,27,31H,5-9,22-23H2,1-4H3,(H,34,38)/t31-/m1/s1. The summed E-state index contributed by atoms with van der Waals surface area (Å²) in [5, 5.41) is 3.14. The fourth-order valence-electron chi connectivity index (χ4n) is 5.29. The number of methoxy groups -OCH3 is 1. The Morgan fingerprint density at radius 3 is 2.02 bits per heavy atom. The Kier molecular flexibility index (Phi) is 10.3. The molecule has 1 fully saturated rings. The molecule has 0 aromatic heterocycles. The van der Waals surface area contributed by atoms with Crippen molar-refractivity contribution in [1.82, 2.24) is 10.2 Å². The minimum absolute atomic E-state index is 0.0918. The molecular weight excluding hydrogens is 550 g/mol. The fourth-order valence-corrected chi connectivity index (χ4v) is 6.71. The van der Waals surface area contributed by atoms with Crippen LogP contribution in [0.4, 0.5) is 5.69 Å². The lowest BCUT2D eigenvalue weighted by Gasteiger charge is -2.33. The van der Waals surface area contributed by atoms with Gasteiger partial charge in [0.05, 0.1) is 17.7 Å². The summed E-state index contributed by atoms with van der Waals surface area (Å²) in [6.45, 7) is 5.36. The molecule has 3 aromatic rings. The van der Waals surface area contributed by atoms with Crippen molar-refractivity contribution >= 4 is 27.5 Å². The molecular formula is C33H41N3O5S. The van der Waals surface area contributed by atoms with Gasteiger partial charge < -0.3 is 15.0 Å². The number of rotatable bonds is 12. The van der Waals surface area contributed by atoms with Crippen molar-refractivity contribution in [1.29, 1.82) is 0 Å². The summed E-state index contributed by atoms with van der Waals surface area (Å²) in [6.07, 6.45) is 4.36. The van der Waals surface area contributed by atoms with Gasteiger partial charge in [-0.15, -0.1) is 0 Å². The zero-order valence-corrected chi connectivity index (χ0v) is 25.7. The molecule has 0 radical (unpaired) electrons. The topological polar surface area (TPSA) is 96.0 Å². The number of aryl methyl sites for hydroxylation is 2. The summed E-state index contributed by atoms with van der Waals surface area (Å²) in [5.74, 6) is 0.00224. The Hall–Kier alpha value is -3.85. The Bertz CT molecular complexity index is 1450. The SMILES string of the molecule is CC[C@H](C(=O)NC1CCCC1)N(Cc1ccc(OC)cc1)C(=O)CN(c1ccc(C)cc1)S(=O)(=O)c1ccc(C)cc1. The van der Waals surface area contributed by atoms with Crippen molar-refractivity contribution in [3.63, 3.8) is 0 Å². The Balaban J connectivity index is 1.70. The Morgan fingerprint density at radius 2 is 1.48 bits per heavy atom. The molecule has 2 amide bonds. The van der Waals surface area contributed by atoms with E-state index in [9.17, 15) is 18.0 Å². The first-order valence-corrected chi connectivity index (χ1v) is 15.9. The van der Waals surface area contributed by atoms with Crippen molar-refractivity contribution in [3.8, 4) is 5.75 Å². The largest absolute Gasteiger partial charge is 0.497 e. The third kappa shape index (κ3) is 7.50. The smallest absolute Gasteiger partial charge is 0.264 e. The van der Waals surface area contributed by atoms with Crippen molar-refractivity contribution < 1.29 is 22.7 Å². The summed E-state index contributed by atoms with van der Waals surface area (Å²) in [7, 11) is -2.51. The van der Waals surface area contributed by atoms with E-state index in [0.717, 1.165) is 46.7 Å². The average Bonchev–Trinajstić information content (AvgIpc) is 3.49. The number of nitrogens with one attached hydrogen (secondary N) is 1. The van der Waals surface area contributed by atoms with Gasteiger partial charge in [-0.3, -0.25) is 13.9 Å².